The van der Waals surface area contributed by atoms with Crippen LogP contribution in [0, 0.1) is 24.1 Å². The van der Waals surface area contributed by atoms with E-state index in [4.69, 9.17) is 4.74 Å². The number of ether oxygens (including phenoxy) is 1. The minimum atomic E-state index is -0.668. The number of hydrogen-bond donors (Lipinski definition) is 2. The first kappa shape index (κ1) is 27.9. The van der Waals surface area contributed by atoms with Crippen LogP contribution in [0.3, 0.4) is 0 Å². The molecule has 7 nitrogen and oxygen atoms in total. The van der Waals surface area contributed by atoms with Crippen LogP contribution in [0.2, 0.25) is 0 Å². The fourth-order valence-electron chi connectivity index (χ4n) is 3.78. The zero-order chi connectivity index (χ0) is 23.5. The highest BCUT2D eigenvalue weighted by atomic mass is 35.5. The molecule has 0 aliphatic heterocycles. The fraction of sp³-hybridized carbons (Fsp3) is 0.240. The van der Waals surface area contributed by atoms with Gasteiger partial charge in [0.1, 0.15) is 23.4 Å². The van der Waals surface area contributed by atoms with Crippen LogP contribution in [0.25, 0.3) is 33.4 Å². The molecule has 0 aliphatic carbocycles. The van der Waals surface area contributed by atoms with Gasteiger partial charge in [-0.2, -0.15) is 10.4 Å². The topological polar surface area (TPSA) is 98.1 Å². The Morgan fingerprint density at radius 3 is 2.49 bits per heavy atom. The van der Waals surface area contributed by atoms with Crippen molar-refractivity contribution < 1.29 is 14.2 Å². The number of nitrogens with zero attached hydrogens (tertiary/aromatic N) is 4. The monoisotopic (exact) mass is 517 g/mol. The van der Waals surface area contributed by atoms with Crippen LogP contribution >= 0.6 is 24.8 Å². The van der Waals surface area contributed by atoms with Gasteiger partial charge in [0.15, 0.2) is 5.65 Å². The van der Waals surface area contributed by atoms with Gasteiger partial charge >= 0.3 is 0 Å². The number of phenolic OH excluding ortho intramolecular Hbond substituents is 1. The van der Waals surface area contributed by atoms with Crippen LogP contribution < -0.4 is 4.74 Å². The van der Waals surface area contributed by atoms with Crippen molar-refractivity contribution in [3.8, 4) is 40.0 Å². The maximum atomic E-state index is 14.7. The highest BCUT2D eigenvalue weighted by Crippen LogP contribution is 2.38. The summed E-state index contributed by atoms with van der Waals surface area (Å²) in [6.45, 7) is 3.39. The molecule has 0 amide bonds. The molecule has 0 atom stereocenters. The van der Waals surface area contributed by atoms with Crippen molar-refractivity contribution in [3.05, 3.63) is 59.5 Å². The minimum absolute atomic E-state index is 0. The third-order valence-corrected chi connectivity index (χ3v) is 5.36. The molecule has 4 aromatic rings. The van der Waals surface area contributed by atoms with Gasteiger partial charge in [-0.3, -0.25) is 5.10 Å². The Balaban J connectivity index is 0.00000216. The summed E-state index contributed by atoms with van der Waals surface area (Å²) in [4.78, 5) is 6.58. The molecule has 4 rings (SSSR count). The second kappa shape index (κ2) is 11.8. The lowest BCUT2D eigenvalue weighted by Gasteiger charge is -2.13. The summed E-state index contributed by atoms with van der Waals surface area (Å²) in [6.07, 6.45) is 0.911. The van der Waals surface area contributed by atoms with Crippen LogP contribution in [0.4, 0.5) is 4.39 Å². The number of pyridine rings is 1. The molecule has 10 heteroatoms. The number of aromatic nitrogens is 3. The van der Waals surface area contributed by atoms with Gasteiger partial charge in [0.25, 0.3) is 0 Å². The van der Waals surface area contributed by atoms with Crippen molar-refractivity contribution in [3.63, 3.8) is 0 Å². The van der Waals surface area contributed by atoms with Gasteiger partial charge in [0.2, 0.25) is 0 Å². The lowest BCUT2D eigenvalue weighted by Crippen LogP contribution is -2.15. The second-order valence-corrected chi connectivity index (χ2v) is 8.06. The van der Waals surface area contributed by atoms with E-state index in [1.165, 1.54) is 12.1 Å². The molecule has 35 heavy (non-hydrogen) atoms. The van der Waals surface area contributed by atoms with E-state index in [-0.39, 0.29) is 47.4 Å². The first-order valence-electron chi connectivity index (χ1n) is 10.5. The standard InChI is InChI=1S/C25H24FN5O2.2ClH/c1-15-22-23(16-5-8-18(9-6-16)33-12-4-11-31(2)3)20(14-27)24(28-25(22)30-29-15)19-10-7-17(32)13-21(19)26;;/h5-10,13,32H,4,11-12H2,1-3H3,(H,28,29,30);2*1H. The zero-order valence-electron chi connectivity index (χ0n) is 19.5. The van der Waals surface area contributed by atoms with Gasteiger partial charge < -0.3 is 14.7 Å². The number of nitrogens with one attached hydrogen (secondary N) is 1. The highest BCUT2D eigenvalue weighted by Gasteiger charge is 2.22. The first-order chi connectivity index (χ1) is 15.9. The quantitative estimate of drug-likeness (QED) is 0.314. The van der Waals surface area contributed by atoms with Gasteiger partial charge in [0.05, 0.1) is 23.3 Å². The van der Waals surface area contributed by atoms with Crippen molar-refractivity contribution >= 4 is 35.8 Å². The molecule has 2 N–H and O–H groups in total. The van der Waals surface area contributed by atoms with Gasteiger partial charge in [-0.25, -0.2) is 9.37 Å². The van der Waals surface area contributed by atoms with E-state index in [9.17, 15) is 14.8 Å². The summed E-state index contributed by atoms with van der Waals surface area (Å²) in [5.74, 6) is -0.138. The van der Waals surface area contributed by atoms with Gasteiger partial charge in [-0.05, 0) is 57.3 Å². The largest absolute Gasteiger partial charge is 0.508 e. The van der Waals surface area contributed by atoms with Gasteiger partial charge in [-0.15, -0.1) is 24.8 Å². The van der Waals surface area contributed by atoms with Crippen molar-refractivity contribution in [2.24, 2.45) is 0 Å². The molecule has 0 unspecified atom stereocenters. The number of aromatic amines is 1. The SMILES string of the molecule is Cc1[nH]nc2nc(-c3ccc(O)cc3F)c(C#N)c(-c3ccc(OCCCN(C)C)cc3)c12.Cl.Cl. The molecule has 0 spiro atoms. The molecule has 0 saturated heterocycles. The lowest BCUT2D eigenvalue weighted by atomic mass is 9.93. The molecule has 0 aliphatic rings. The summed E-state index contributed by atoms with van der Waals surface area (Å²) in [7, 11) is 4.04. The molecule has 2 heterocycles. The Labute approximate surface area is 215 Å². The number of nitriles is 1. The fourth-order valence-corrected chi connectivity index (χ4v) is 3.78. The molecular weight excluding hydrogens is 492 g/mol. The van der Waals surface area contributed by atoms with Crippen LogP contribution in [-0.2, 0) is 0 Å². The summed E-state index contributed by atoms with van der Waals surface area (Å²) in [5.41, 5.74) is 3.05. The number of benzene rings is 2. The number of fused-ring (bicyclic) bond motifs is 1. The Kier molecular flexibility index (Phi) is 9.43. The van der Waals surface area contributed by atoms with Crippen LogP contribution in [0.1, 0.15) is 17.7 Å². The van der Waals surface area contributed by atoms with Crippen molar-refractivity contribution in [1.82, 2.24) is 20.1 Å². The minimum Gasteiger partial charge on any atom is -0.508 e. The number of H-pyrrole nitrogens is 1. The maximum absolute atomic E-state index is 14.7. The van der Waals surface area contributed by atoms with E-state index in [0.717, 1.165) is 36.0 Å². The highest BCUT2D eigenvalue weighted by molar-refractivity contribution is 6.00. The van der Waals surface area contributed by atoms with Gasteiger partial charge in [-0.1, -0.05) is 12.1 Å². The zero-order valence-corrected chi connectivity index (χ0v) is 21.1. The van der Waals surface area contributed by atoms with E-state index in [1.807, 2.05) is 45.3 Å². The third kappa shape index (κ3) is 5.82. The molecule has 2 aromatic heterocycles. The average molecular weight is 518 g/mol. The summed E-state index contributed by atoms with van der Waals surface area (Å²) in [5, 5.41) is 27.5. The van der Waals surface area contributed by atoms with Crippen LogP contribution in [-0.4, -0.2) is 52.4 Å². The smallest absolute Gasteiger partial charge is 0.182 e. The summed E-state index contributed by atoms with van der Waals surface area (Å²) < 4.78 is 20.5. The molecule has 0 bridgehead atoms. The molecule has 184 valence electrons. The summed E-state index contributed by atoms with van der Waals surface area (Å²) in [6, 6.07) is 13.4. The number of rotatable bonds is 7. The number of aryl methyl sites for hydroxylation is 1. The Morgan fingerprint density at radius 1 is 1.14 bits per heavy atom. The third-order valence-electron chi connectivity index (χ3n) is 5.36. The van der Waals surface area contributed by atoms with Crippen LogP contribution in [0.15, 0.2) is 42.5 Å². The van der Waals surface area contributed by atoms with E-state index >= 15 is 0 Å². The molecule has 0 fully saturated rings. The Morgan fingerprint density at radius 2 is 1.86 bits per heavy atom. The predicted molar refractivity (Wildman–Crippen MR) is 139 cm³/mol. The lowest BCUT2D eigenvalue weighted by molar-refractivity contribution is 0.281. The number of aromatic hydroxyl groups is 1. The normalized spacial score (nSPS) is 10.5. The van der Waals surface area contributed by atoms with Crippen molar-refractivity contribution in [2.45, 2.75) is 13.3 Å². The van der Waals surface area contributed by atoms with Crippen molar-refractivity contribution in [2.75, 3.05) is 27.2 Å². The number of phenols is 1. The molecule has 0 saturated carbocycles. The Bertz CT molecular complexity index is 1350. The Hall–Kier alpha value is -3.38. The maximum Gasteiger partial charge on any atom is 0.182 e. The molecule has 2 aromatic carbocycles. The van der Waals surface area contributed by atoms with E-state index in [0.29, 0.717) is 23.2 Å². The molecular formula is C25H26Cl2FN5O2. The van der Waals surface area contributed by atoms with E-state index in [2.05, 4.69) is 26.2 Å². The average Bonchev–Trinajstić information content (AvgIpc) is 3.16. The second-order valence-electron chi connectivity index (χ2n) is 8.06. The first-order valence-corrected chi connectivity index (χ1v) is 10.5. The van der Waals surface area contributed by atoms with E-state index < -0.39 is 5.82 Å². The van der Waals surface area contributed by atoms with Gasteiger partial charge in [0, 0.05) is 29.4 Å². The number of halogens is 3. The van der Waals surface area contributed by atoms with Crippen molar-refractivity contribution in [1.29, 1.82) is 5.26 Å². The van der Waals surface area contributed by atoms with Crippen LogP contribution in [0.5, 0.6) is 11.5 Å². The molecule has 0 radical (unpaired) electrons. The summed E-state index contributed by atoms with van der Waals surface area (Å²) >= 11 is 0. The van der Waals surface area contributed by atoms with E-state index in [1.54, 1.807) is 0 Å². The predicted octanol–water partition coefficient (Wildman–Crippen LogP) is 5.49. The number of hydrogen-bond acceptors (Lipinski definition) is 6.